The molecule has 3 heteroatoms. The van der Waals surface area contributed by atoms with Crippen molar-refractivity contribution in [3.63, 3.8) is 0 Å². The number of phenols is 1. The molecule has 0 radical (unpaired) electrons. The summed E-state index contributed by atoms with van der Waals surface area (Å²) < 4.78 is 13.1. The summed E-state index contributed by atoms with van der Waals surface area (Å²) in [5.41, 5.74) is 0.856. The highest BCUT2D eigenvalue weighted by Crippen LogP contribution is 2.25. The number of halogens is 1. The first-order valence-corrected chi connectivity index (χ1v) is 4.07. The molecule has 0 aliphatic carbocycles. The lowest BCUT2D eigenvalue weighted by Crippen LogP contribution is -1.93. The summed E-state index contributed by atoms with van der Waals surface area (Å²) in [5, 5.41) is 9.45. The molecule has 1 rings (SSSR count). The van der Waals surface area contributed by atoms with E-state index in [0.29, 0.717) is 11.8 Å². The Balaban J connectivity index is 3.02. The topological polar surface area (TPSA) is 37.3 Å². The molecule has 70 valence electrons. The second-order valence-corrected chi connectivity index (χ2v) is 2.90. The average Bonchev–Trinajstić information content (AvgIpc) is 2.12. The van der Waals surface area contributed by atoms with Crippen molar-refractivity contribution in [3.8, 4) is 5.75 Å². The Morgan fingerprint density at radius 2 is 2.23 bits per heavy atom. The molecule has 0 unspecified atom stereocenters. The maximum atomic E-state index is 13.1. The van der Waals surface area contributed by atoms with Gasteiger partial charge in [-0.15, -0.1) is 0 Å². The van der Waals surface area contributed by atoms with Crippen LogP contribution in [0.4, 0.5) is 4.39 Å². The van der Waals surface area contributed by atoms with E-state index in [1.54, 1.807) is 6.92 Å². The van der Waals surface area contributed by atoms with Crippen LogP contribution in [0.1, 0.15) is 17.5 Å². The first-order valence-electron chi connectivity index (χ1n) is 4.07. The van der Waals surface area contributed by atoms with E-state index in [9.17, 15) is 14.3 Å². The molecule has 0 heterocycles. The molecule has 0 aliphatic heterocycles. The molecule has 0 aromatic heterocycles. The van der Waals surface area contributed by atoms with Gasteiger partial charge in [0.05, 0.1) is 0 Å². The minimum Gasteiger partial charge on any atom is -0.507 e. The zero-order chi connectivity index (χ0) is 9.84. The molecular weight excluding hydrogens is 171 g/mol. The molecule has 13 heavy (non-hydrogen) atoms. The minimum atomic E-state index is -0.454. The van der Waals surface area contributed by atoms with Crippen LogP contribution in [0.5, 0.6) is 5.75 Å². The van der Waals surface area contributed by atoms with Crippen LogP contribution < -0.4 is 0 Å². The third kappa shape index (κ3) is 2.05. The maximum absolute atomic E-state index is 13.1. The van der Waals surface area contributed by atoms with Crippen molar-refractivity contribution < 1.29 is 14.3 Å². The number of rotatable bonds is 3. The minimum absolute atomic E-state index is 0.0400. The van der Waals surface area contributed by atoms with Gasteiger partial charge in [0.15, 0.2) is 0 Å². The normalized spacial score (nSPS) is 10.0. The standard InChI is InChI=1S/C10H11FO2/c1-7-4-5-9(11)8(10(7)13)3-2-6-12/h4-6,13H,2-3H2,1H3. The zero-order valence-electron chi connectivity index (χ0n) is 7.38. The van der Waals surface area contributed by atoms with Crippen molar-refractivity contribution in [1.82, 2.24) is 0 Å². The first-order chi connectivity index (χ1) is 6.16. The molecule has 0 atom stereocenters. The van der Waals surface area contributed by atoms with E-state index in [4.69, 9.17) is 0 Å². The van der Waals surface area contributed by atoms with Crippen LogP contribution in [0, 0.1) is 12.7 Å². The molecule has 0 spiro atoms. The van der Waals surface area contributed by atoms with Crippen molar-refractivity contribution in [2.75, 3.05) is 0 Å². The Morgan fingerprint density at radius 3 is 2.85 bits per heavy atom. The highest BCUT2D eigenvalue weighted by atomic mass is 19.1. The number of phenolic OH excluding ortho intramolecular Hbond substituents is 1. The summed E-state index contributed by atoms with van der Waals surface area (Å²) in [4.78, 5) is 10.1. The molecule has 2 nitrogen and oxygen atoms in total. The second-order valence-electron chi connectivity index (χ2n) is 2.90. The van der Waals surface area contributed by atoms with Crippen molar-refractivity contribution in [1.29, 1.82) is 0 Å². The zero-order valence-corrected chi connectivity index (χ0v) is 7.38. The number of aromatic hydroxyl groups is 1. The van der Waals surface area contributed by atoms with Gasteiger partial charge < -0.3 is 9.90 Å². The van der Waals surface area contributed by atoms with Crippen LogP contribution >= 0.6 is 0 Å². The van der Waals surface area contributed by atoms with Crippen molar-refractivity contribution in [3.05, 3.63) is 29.1 Å². The van der Waals surface area contributed by atoms with Crippen LogP contribution in [-0.4, -0.2) is 11.4 Å². The lowest BCUT2D eigenvalue weighted by Gasteiger charge is -2.06. The number of carbonyl (C=O) groups excluding carboxylic acids is 1. The Morgan fingerprint density at radius 1 is 1.54 bits per heavy atom. The molecular formula is C10H11FO2. The van der Waals surface area contributed by atoms with Crippen LogP contribution in [0.2, 0.25) is 0 Å². The van der Waals surface area contributed by atoms with Gasteiger partial charge in [-0.3, -0.25) is 0 Å². The van der Waals surface area contributed by atoms with Crippen LogP contribution in [0.25, 0.3) is 0 Å². The van der Waals surface area contributed by atoms with E-state index in [1.165, 1.54) is 12.1 Å². The van der Waals surface area contributed by atoms with Crippen molar-refractivity contribution in [2.24, 2.45) is 0 Å². The Hall–Kier alpha value is -1.38. The lowest BCUT2D eigenvalue weighted by molar-refractivity contribution is -0.107. The Bertz CT molecular complexity index is 321. The van der Waals surface area contributed by atoms with E-state index in [-0.39, 0.29) is 24.2 Å². The fraction of sp³-hybridized carbons (Fsp3) is 0.300. The molecule has 0 fully saturated rings. The maximum Gasteiger partial charge on any atom is 0.130 e. The largest absolute Gasteiger partial charge is 0.507 e. The van der Waals surface area contributed by atoms with Gasteiger partial charge in [-0.1, -0.05) is 6.07 Å². The van der Waals surface area contributed by atoms with Gasteiger partial charge in [-0.2, -0.15) is 0 Å². The summed E-state index contributed by atoms with van der Waals surface area (Å²) in [6.07, 6.45) is 1.19. The second kappa shape index (κ2) is 4.03. The summed E-state index contributed by atoms with van der Waals surface area (Å²) in [5.74, 6) is -0.494. The average molecular weight is 182 g/mol. The van der Waals surface area contributed by atoms with Crippen molar-refractivity contribution in [2.45, 2.75) is 19.8 Å². The van der Waals surface area contributed by atoms with Gasteiger partial charge in [-0.25, -0.2) is 4.39 Å². The van der Waals surface area contributed by atoms with Crippen LogP contribution in [0.3, 0.4) is 0 Å². The van der Waals surface area contributed by atoms with Gasteiger partial charge in [0.2, 0.25) is 0 Å². The van der Waals surface area contributed by atoms with Gasteiger partial charge in [-0.05, 0) is 25.0 Å². The Labute approximate surface area is 76.0 Å². The molecule has 1 aromatic rings. The number of aryl methyl sites for hydroxylation is 1. The lowest BCUT2D eigenvalue weighted by atomic mass is 10.0. The van der Waals surface area contributed by atoms with E-state index in [1.807, 2.05) is 0 Å². The number of hydrogen-bond acceptors (Lipinski definition) is 2. The van der Waals surface area contributed by atoms with E-state index < -0.39 is 5.82 Å². The highest BCUT2D eigenvalue weighted by Gasteiger charge is 2.09. The highest BCUT2D eigenvalue weighted by molar-refractivity contribution is 5.51. The fourth-order valence-corrected chi connectivity index (χ4v) is 1.17. The summed E-state index contributed by atoms with van der Waals surface area (Å²) in [6, 6.07) is 2.81. The molecule has 1 aromatic carbocycles. The summed E-state index contributed by atoms with van der Waals surface area (Å²) >= 11 is 0. The van der Waals surface area contributed by atoms with E-state index >= 15 is 0 Å². The van der Waals surface area contributed by atoms with Gasteiger partial charge in [0, 0.05) is 12.0 Å². The summed E-state index contributed by atoms with van der Waals surface area (Å²) in [7, 11) is 0. The summed E-state index contributed by atoms with van der Waals surface area (Å²) in [6.45, 7) is 1.69. The first kappa shape index (κ1) is 9.71. The van der Waals surface area contributed by atoms with E-state index in [0.717, 1.165) is 0 Å². The molecule has 0 saturated carbocycles. The molecule has 0 amide bonds. The van der Waals surface area contributed by atoms with Gasteiger partial charge >= 0.3 is 0 Å². The number of benzene rings is 1. The third-order valence-electron chi connectivity index (χ3n) is 1.94. The van der Waals surface area contributed by atoms with Gasteiger partial charge in [0.25, 0.3) is 0 Å². The predicted octanol–water partition coefficient (Wildman–Crippen LogP) is 1.97. The van der Waals surface area contributed by atoms with E-state index in [2.05, 4.69) is 0 Å². The third-order valence-corrected chi connectivity index (χ3v) is 1.94. The Kier molecular flexibility index (Phi) is 3.01. The number of carbonyl (C=O) groups is 1. The van der Waals surface area contributed by atoms with Crippen molar-refractivity contribution >= 4 is 6.29 Å². The molecule has 0 bridgehead atoms. The molecule has 0 saturated heterocycles. The monoisotopic (exact) mass is 182 g/mol. The smallest absolute Gasteiger partial charge is 0.130 e. The molecule has 1 N–H and O–H groups in total. The quantitative estimate of drug-likeness (QED) is 0.725. The predicted molar refractivity (Wildman–Crippen MR) is 47.2 cm³/mol. The van der Waals surface area contributed by atoms with Gasteiger partial charge in [0.1, 0.15) is 17.9 Å². The SMILES string of the molecule is Cc1ccc(F)c(CCC=O)c1O. The molecule has 0 aliphatic rings. The number of hydrogen-bond donors (Lipinski definition) is 1. The fourth-order valence-electron chi connectivity index (χ4n) is 1.17. The van der Waals surface area contributed by atoms with Crippen LogP contribution in [-0.2, 0) is 11.2 Å². The van der Waals surface area contributed by atoms with Crippen LogP contribution in [0.15, 0.2) is 12.1 Å². The number of aldehydes is 1.